The summed E-state index contributed by atoms with van der Waals surface area (Å²) < 4.78 is 5.71. The van der Waals surface area contributed by atoms with Crippen molar-refractivity contribution >= 4 is 0 Å². The second-order valence-corrected chi connectivity index (χ2v) is 4.02. The number of nitro groups is 1. The summed E-state index contributed by atoms with van der Waals surface area (Å²) in [6.07, 6.45) is 4.70. The second-order valence-electron chi connectivity index (χ2n) is 4.02. The number of hydrogen-bond donors (Lipinski definition) is 0. The van der Waals surface area contributed by atoms with Gasteiger partial charge in [-0.15, -0.1) is 0 Å². The lowest BCUT2D eigenvalue weighted by molar-refractivity contribution is -0.641. The van der Waals surface area contributed by atoms with Crippen LogP contribution in [0.2, 0.25) is 0 Å². The highest BCUT2D eigenvalue weighted by molar-refractivity contribution is 5.07. The molecular weight excluding hydrogens is 210 g/mol. The maximum atomic E-state index is 10.8. The van der Waals surface area contributed by atoms with E-state index in [1.807, 2.05) is 11.0 Å². The summed E-state index contributed by atoms with van der Waals surface area (Å²) in [4.78, 5) is 12.8. The minimum Gasteiger partial charge on any atom is -0.358 e. The van der Waals surface area contributed by atoms with Gasteiger partial charge in [0.1, 0.15) is 12.8 Å². The zero-order valence-electron chi connectivity index (χ0n) is 9.46. The minimum atomic E-state index is -0.339. The van der Waals surface area contributed by atoms with Crippen molar-refractivity contribution in [1.29, 1.82) is 0 Å². The number of hydrazine groups is 1. The molecule has 2 rings (SSSR count). The fourth-order valence-corrected chi connectivity index (χ4v) is 2.20. The van der Waals surface area contributed by atoms with Crippen LogP contribution in [-0.2, 0) is 4.74 Å². The van der Waals surface area contributed by atoms with E-state index < -0.39 is 0 Å². The number of fused-ring (bicyclic) bond motifs is 1. The van der Waals surface area contributed by atoms with Gasteiger partial charge in [0.2, 0.25) is 0 Å². The minimum absolute atomic E-state index is 0.0184. The van der Waals surface area contributed by atoms with Crippen LogP contribution in [0.15, 0.2) is 11.9 Å². The van der Waals surface area contributed by atoms with Crippen molar-refractivity contribution < 1.29 is 9.77 Å². The molecule has 0 radical (unpaired) electrons. The summed E-state index contributed by atoms with van der Waals surface area (Å²) in [7, 11) is 0. The molecule has 6 heteroatoms. The smallest absolute Gasteiger partial charge is 0.168 e. The topological polar surface area (TPSA) is 58.8 Å². The van der Waals surface area contributed by atoms with Crippen LogP contribution >= 0.6 is 0 Å². The van der Waals surface area contributed by atoms with Gasteiger partial charge in [-0.3, -0.25) is 0 Å². The molecule has 2 aliphatic heterocycles. The molecule has 0 aromatic heterocycles. The summed E-state index contributed by atoms with van der Waals surface area (Å²) in [5.41, 5.74) is 0. The van der Waals surface area contributed by atoms with Crippen LogP contribution in [0.3, 0.4) is 0 Å². The number of rotatable bonds is 4. The van der Waals surface area contributed by atoms with E-state index in [0.29, 0.717) is 25.5 Å². The van der Waals surface area contributed by atoms with Crippen LogP contribution in [0.5, 0.6) is 0 Å². The standard InChI is InChI=1S/C10H17N3O3/c1-2-8-16-10-5-3-4-9-11(10)6-7-12(9)13(14)15/h4,10H,2-3,5-8H2,1H3. The molecule has 0 aromatic carbocycles. The first kappa shape index (κ1) is 11.2. The molecule has 0 aromatic rings. The van der Waals surface area contributed by atoms with E-state index >= 15 is 0 Å². The van der Waals surface area contributed by atoms with Gasteiger partial charge in [0.25, 0.3) is 0 Å². The van der Waals surface area contributed by atoms with Gasteiger partial charge in [-0.1, -0.05) is 11.9 Å². The average molecular weight is 227 g/mol. The lowest BCUT2D eigenvalue weighted by Crippen LogP contribution is -2.38. The lowest BCUT2D eigenvalue weighted by Gasteiger charge is -2.32. The van der Waals surface area contributed by atoms with E-state index in [4.69, 9.17) is 4.74 Å². The predicted octanol–water partition coefficient (Wildman–Crippen LogP) is 1.18. The number of ether oxygens (including phenoxy) is 1. The third kappa shape index (κ3) is 1.97. The van der Waals surface area contributed by atoms with E-state index in [0.717, 1.165) is 19.3 Å². The first-order valence-electron chi connectivity index (χ1n) is 5.74. The Bertz CT molecular complexity index is 306. The predicted molar refractivity (Wildman–Crippen MR) is 57.8 cm³/mol. The van der Waals surface area contributed by atoms with Crippen molar-refractivity contribution in [2.45, 2.75) is 32.4 Å². The van der Waals surface area contributed by atoms with Gasteiger partial charge < -0.3 is 9.64 Å². The molecule has 2 aliphatic rings. The third-order valence-corrected chi connectivity index (χ3v) is 2.91. The Morgan fingerprint density at radius 1 is 1.62 bits per heavy atom. The van der Waals surface area contributed by atoms with Crippen molar-refractivity contribution in [3.8, 4) is 0 Å². The Morgan fingerprint density at radius 3 is 3.12 bits per heavy atom. The molecule has 16 heavy (non-hydrogen) atoms. The Morgan fingerprint density at radius 2 is 2.44 bits per heavy atom. The summed E-state index contributed by atoms with van der Waals surface area (Å²) in [5.74, 6) is 0.706. The van der Waals surface area contributed by atoms with Crippen molar-refractivity contribution in [3.05, 3.63) is 22.0 Å². The van der Waals surface area contributed by atoms with Crippen molar-refractivity contribution in [2.24, 2.45) is 0 Å². The molecule has 1 atom stereocenters. The lowest BCUT2D eigenvalue weighted by atomic mass is 10.2. The zero-order valence-corrected chi connectivity index (χ0v) is 9.46. The van der Waals surface area contributed by atoms with Crippen LogP contribution in [0.1, 0.15) is 26.2 Å². The fourth-order valence-electron chi connectivity index (χ4n) is 2.20. The van der Waals surface area contributed by atoms with E-state index in [1.165, 1.54) is 5.01 Å². The van der Waals surface area contributed by atoms with Gasteiger partial charge in [-0.2, -0.15) is 0 Å². The van der Waals surface area contributed by atoms with E-state index in [-0.39, 0.29) is 11.3 Å². The van der Waals surface area contributed by atoms with Crippen LogP contribution in [-0.4, -0.2) is 40.9 Å². The fraction of sp³-hybridized carbons (Fsp3) is 0.800. The summed E-state index contributed by atoms with van der Waals surface area (Å²) in [6, 6.07) is 0. The Kier molecular flexibility index (Phi) is 3.28. The van der Waals surface area contributed by atoms with Crippen molar-refractivity contribution in [3.63, 3.8) is 0 Å². The van der Waals surface area contributed by atoms with Crippen molar-refractivity contribution in [2.75, 3.05) is 19.7 Å². The number of hydrogen-bond acceptors (Lipinski definition) is 4. The van der Waals surface area contributed by atoms with Crippen LogP contribution in [0, 0.1) is 10.1 Å². The van der Waals surface area contributed by atoms with Gasteiger partial charge in [0.15, 0.2) is 10.9 Å². The first-order valence-corrected chi connectivity index (χ1v) is 5.74. The molecule has 0 N–H and O–H groups in total. The Labute approximate surface area is 94.6 Å². The van der Waals surface area contributed by atoms with E-state index in [9.17, 15) is 10.1 Å². The molecule has 0 saturated carbocycles. The van der Waals surface area contributed by atoms with Gasteiger partial charge in [0, 0.05) is 13.2 Å². The quantitative estimate of drug-likeness (QED) is 0.533. The van der Waals surface area contributed by atoms with Gasteiger partial charge in [0.05, 0.1) is 0 Å². The molecule has 1 unspecified atom stereocenters. The average Bonchev–Trinajstić information content (AvgIpc) is 2.70. The molecule has 2 heterocycles. The highest BCUT2D eigenvalue weighted by atomic mass is 16.7. The number of allylic oxidation sites excluding steroid dienone is 1. The largest absolute Gasteiger partial charge is 0.358 e. The van der Waals surface area contributed by atoms with Gasteiger partial charge in [-0.05, 0) is 25.3 Å². The Hall–Kier alpha value is -1.30. The molecule has 90 valence electrons. The van der Waals surface area contributed by atoms with E-state index in [1.54, 1.807) is 0 Å². The Balaban J connectivity index is 2.05. The molecule has 6 nitrogen and oxygen atoms in total. The zero-order chi connectivity index (χ0) is 11.5. The SMILES string of the molecule is CCCOC1CCC=C2N1CCN2[N+](=O)[O-]. The molecule has 0 bridgehead atoms. The number of nitrogens with zero attached hydrogens (tertiary/aromatic N) is 3. The summed E-state index contributed by atoms with van der Waals surface area (Å²) in [6.45, 7) is 3.91. The third-order valence-electron chi connectivity index (χ3n) is 2.91. The highest BCUT2D eigenvalue weighted by Crippen LogP contribution is 2.28. The molecule has 0 amide bonds. The van der Waals surface area contributed by atoms with Crippen LogP contribution in [0.4, 0.5) is 0 Å². The second kappa shape index (κ2) is 4.69. The molecule has 0 spiro atoms. The van der Waals surface area contributed by atoms with Gasteiger partial charge >= 0.3 is 0 Å². The van der Waals surface area contributed by atoms with E-state index in [2.05, 4.69) is 6.92 Å². The monoisotopic (exact) mass is 227 g/mol. The summed E-state index contributed by atoms with van der Waals surface area (Å²) >= 11 is 0. The maximum Gasteiger partial charge on any atom is 0.168 e. The maximum absolute atomic E-state index is 10.8. The van der Waals surface area contributed by atoms with Crippen molar-refractivity contribution in [1.82, 2.24) is 9.91 Å². The first-order chi connectivity index (χ1) is 7.74. The van der Waals surface area contributed by atoms with Gasteiger partial charge in [-0.25, -0.2) is 10.1 Å². The molecule has 1 saturated heterocycles. The molecule has 1 fully saturated rings. The normalized spacial score (nSPS) is 24.3. The summed E-state index contributed by atoms with van der Waals surface area (Å²) in [5, 5.41) is 11.7. The van der Waals surface area contributed by atoms with Crippen LogP contribution in [0.25, 0.3) is 0 Å². The van der Waals surface area contributed by atoms with Crippen LogP contribution < -0.4 is 0 Å². The highest BCUT2D eigenvalue weighted by Gasteiger charge is 2.38. The molecular formula is C10H17N3O3. The molecule has 0 aliphatic carbocycles.